The van der Waals surface area contributed by atoms with E-state index in [0.29, 0.717) is 0 Å². The highest BCUT2D eigenvalue weighted by molar-refractivity contribution is 6.30. The van der Waals surface area contributed by atoms with Crippen LogP contribution in [-0.2, 0) is 0 Å². The molecule has 21 heavy (non-hydrogen) atoms. The SMILES string of the molecule is COc1ccncc1-c1ccc(-c2ccc(Cl)cc2)cc1. The van der Waals surface area contributed by atoms with Crippen LogP contribution in [0.1, 0.15) is 0 Å². The molecule has 1 aromatic heterocycles. The van der Waals surface area contributed by atoms with E-state index in [-0.39, 0.29) is 0 Å². The van der Waals surface area contributed by atoms with Gasteiger partial charge in [0.1, 0.15) is 5.75 Å². The number of ether oxygens (including phenoxy) is 1. The van der Waals surface area contributed by atoms with Gasteiger partial charge in [0.15, 0.2) is 0 Å². The maximum Gasteiger partial charge on any atom is 0.129 e. The summed E-state index contributed by atoms with van der Waals surface area (Å²) in [6.07, 6.45) is 3.54. The second-order valence-electron chi connectivity index (χ2n) is 4.66. The summed E-state index contributed by atoms with van der Waals surface area (Å²) in [5.41, 5.74) is 4.36. The first kappa shape index (κ1) is 13.7. The molecule has 1 heterocycles. The first-order valence-electron chi connectivity index (χ1n) is 6.62. The van der Waals surface area contributed by atoms with Crippen molar-refractivity contribution in [1.82, 2.24) is 4.98 Å². The van der Waals surface area contributed by atoms with Gasteiger partial charge in [-0.2, -0.15) is 0 Å². The molecule has 3 aromatic rings. The summed E-state index contributed by atoms with van der Waals surface area (Å²) in [7, 11) is 1.67. The molecule has 3 heteroatoms. The molecular formula is C18H14ClNO. The van der Waals surface area contributed by atoms with Gasteiger partial charge in [-0.3, -0.25) is 4.98 Å². The number of benzene rings is 2. The molecule has 0 aliphatic carbocycles. The number of hydrogen-bond donors (Lipinski definition) is 0. The van der Waals surface area contributed by atoms with Gasteiger partial charge >= 0.3 is 0 Å². The maximum absolute atomic E-state index is 5.92. The minimum Gasteiger partial charge on any atom is -0.496 e. The quantitative estimate of drug-likeness (QED) is 0.672. The van der Waals surface area contributed by atoms with Gasteiger partial charge in [-0.05, 0) is 34.9 Å². The molecule has 0 unspecified atom stereocenters. The Bertz CT molecular complexity index is 736. The van der Waals surface area contributed by atoms with Crippen LogP contribution in [0.5, 0.6) is 5.75 Å². The van der Waals surface area contributed by atoms with E-state index in [2.05, 4.69) is 29.2 Å². The molecule has 0 N–H and O–H groups in total. The third kappa shape index (κ3) is 2.91. The summed E-state index contributed by atoms with van der Waals surface area (Å²) in [6.45, 7) is 0. The lowest BCUT2D eigenvalue weighted by atomic mass is 10.0. The molecule has 2 aromatic carbocycles. The van der Waals surface area contributed by atoms with E-state index in [1.807, 2.05) is 36.5 Å². The van der Waals surface area contributed by atoms with Crippen LogP contribution in [0.25, 0.3) is 22.3 Å². The second kappa shape index (κ2) is 5.98. The number of rotatable bonds is 3. The summed E-state index contributed by atoms with van der Waals surface area (Å²) in [4.78, 5) is 4.17. The standard InChI is InChI=1S/C18H14ClNO/c1-21-18-10-11-20-12-17(18)15-4-2-13(3-5-15)14-6-8-16(19)9-7-14/h2-12H,1H3. The average Bonchev–Trinajstić information content (AvgIpc) is 2.56. The van der Waals surface area contributed by atoms with E-state index in [0.717, 1.165) is 33.0 Å². The molecule has 0 amide bonds. The first-order chi connectivity index (χ1) is 10.3. The zero-order valence-corrected chi connectivity index (χ0v) is 12.3. The van der Waals surface area contributed by atoms with Crippen molar-refractivity contribution in [2.45, 2.75) is 0 Å². The van der Waals surface area contributed by atoms with Crippen molar-refractivity contribution in [3.05, 3.63) is 72.0 Å². The van der Waals surface area contributed by atoms with E-state index in [1.165, 1.54) is 0 Å². The molecular weight excluding hydrogens is 282 g/mol. The highest BCUT2D eigenvalue weighted by atomic mass is 35.5. The molecule has 0 aliphatic rings. The molecule has 0 saturated heterocycles. The van der Waals surface area contributed by atoms with E-state index in [4.69, 9.17) is 16.3 Å². The molecule has 104 valence electrons. The summed E-state index contributed by atoms with van der Waals surface area (Å²) >= 11 is 5.92. The number of aromatic nitrogens is 1. The third-order valence-electron chi connectivity index (χ3n) is 3.37. The molecule has 0 bridgehead atoms. The van der Waals surface area contributed by atoms with Crippen LogP contribution < -0.4 is 4.74 Å². The topological polar surface area (TPSA) is 22.1 Å². The number of halogens is 1. The van der Waals surface area contributed by atoms with Crippen LogP contribution in [0.4, 0.5) is 0 Å². The lowest BCUT2D eigenvalue weighted by Crippen LogP contribution is -1.88. The van der Waals surface area contributed by atoms with Gasteiger partial charge in [-0.1, -0.05) is 48.0 Å². The molecule has 0 radical (unpaired) electrons. The fraction of sp³-hybridized carbons (Fsp3) is 0.0556. The van der Waals surface area contributed by atoms with Crippen molar-refractivity contribution in [2.75, 3.05) is 7.11 Å². The minimum atomic E-state index is 0.746. The third-order valence-corrected chi connectivity index (χ3v) is 3.63. The van der Waals surface area contributed by atoms with Crippen molar-refractivity contribution in [3.63, 3.8) is 0 Å². The molecule has 0 fully saturated rings. The van der Waals surface area contributed by atoms with Crippen LogP contribution in [0.3, 0.4) is 0 Å². The minimum absolute atomic E-state index is 0.746. The number of methoxy groups -OCH3 is 1. The van der Waals surface area contributed by atoms with E-state index >= 15 is 0 Å². The molecule has 0 aliphatic heterocycles. The Morgan fingerprint density at radius 3 is 2.00 bits per heavy atom. The normalized spacial score (nSPS) is 10.4. The van der Waals surface area contributed by atoms with Crippen molar-refractivity contribution in [2.24, 2.45) is 0 Å². The fourth-order valence-electron chi connectivity index (χ4n) is 2.26. The van der Waals surface area contributed by atoms with Crippen molar-refractivity contribution in [1.29, 1.82) is 0 Å². The van der Waals surface area contributed by atoms with Gasteiger partial charge in [0.2, 0.25) is 0 Å². The summed E-state index contributed by atoms with van der Waals surface area (Å²) in [5, 5.41) is 0.746. The second-order valence-corrected chi connectivity index (χ2v) is 5.10. The van der Waals surface area contributed by atoms with Crippen molar-refractivity contribution in [3.8, 4) is 28.0 Å². The van der Waals surface area contributed by atoms with Crippen molar-refractivity contribution < 1.29 is 4.74 Å². The van der Waals surface area contributed by atoms with Gasteiger partial charge in [-0.25, -0.2) is 0 Å². The average molecular weight is 296 g/mol. The predicted molar refractivity (Wildman–Crippen MR) is 86.7 cm³/mol. The molecule has 0 spiro atoms. The van der Waals surface area contributed by atoms with E-state index in [9.17, 15) is 0 Å². The summed E-state index contributed by atoms with van der Waals surface area (Å²) in [6, 6.07) is 18.0. The Morgan fingerprint density at radius 2 is 1.38 bits per heavy atom. The van der Waals surface area contributed by atoms with Crippen LogP contribution in [0.15, 0.2) is 67.0 Å². The van der Waals surface area contributed by atoms with Crippen LogP contribution in [0.2, 0.25) is 5.02 Å². The van der Waals surface area contributed by atoms with Gasteiger partial charge in [0.05, 0.1) is 7.11 Å². The Labute approximate surface area is 129 Å². The van der Waals surface area contributed by atoms with Gasteiger partial charge in [-0.15, -0.1) is 0 Å². The van der Waals surface area contributed by atoms with Crippen LogP contribution in [-0.4, -0.2) is 12.1 Å². The Hall–Kier alpha value is -2.32. The molecule has 0 atom stereocenters. The molecule has 2 nitrogen and oxygen atoms in total. The Morgan fingerprint density at radius 1 is 0.810 bits per heavy atom. The van der Waals surface area contributed by atoms with Crippen LogP contribution >= 0.6 is 11.6 Å². The van der Waals surface area contributed by atoms with Gasteiger partial charge in [0.25, 0.3) is 0 Å². The first-order valence-corrected chi connectivity index (χ1v) is 7.00. The van der Waals surface area contributed by atoms with E-state index < -0.39 is 0 Å². The number of hydrogen-bond acceptors (Lipinski definition) is 2. The fourth-order valence-corrected chi connectivity index (χ4v) is 2.39. The lowest BCUT2D eigenvalue weighted by Gasteiger charge is -2.08. The Balaban J connectivity index is 1.95. The molecule has 0 saturated carbocycles. The lowest BCUT2D eigenvalue weighted by molar-refractivity contribution is 0.416. The van der Waals surface area contributed by atoms with Gasteiger partial charge < -0.3 is 4.74 Å². The maximum atomic E-state index is 5.92. The smallest absolute Gasteiger partial charge is 0.129 e. The zero-order chi connectivity index (χ0) is 14.7. The summed E-state index contributed by atoms with van der Waals surface area (Å²) < 4.78 is 5.37. The highest BCUT2D eigenvalue weighted by Gasteiger charge is 2.06. The number of nitrogens with zero attached hydrogens (tertiary/aromatic N) is 1. The number of pyridine rings is 1. The van der Waals surface area contributed by atoms with Gasteiger partial charge in [0, 0.05) is 23.0 Å². The van der Waals surface area contributed by atoms with E-state index in [1.54, 1.807) is 13.3 Å². The van der Waals surface area contributed by atoms with Crippen molar-refractivity contribution >= 4 is 11.6 Å². The van der Waals surface area contributed by atoms with Crippen LogP contribution in [0, 0.1) is 0 Å². The predicted octanol–water partition coefficient (Wildman–Crippen LogP) is 5.08. The highest BCUT2D eigenvalue weighted by Crippen LogP contribution is 2.30. The monoisotopic (exact) mass is 295 g/mol. The molecule has 3 rings (SSSR count). The Kier molecular flexibility index (Phi) is 3.89. The zero-order valence-electron chi connectivity index (χ0n) is 11.6. The largest absolute Gasteiger partial charge is 0.496 e. The summed E-state index contributed by atoms with van der Waals surface area (Å²) in [5.74, 6) is 0.823.